The summed E-state index contributed by atoms with van der Waals surface area (Å²) in [5.41, 5.74) is 2.67. The third kappa shape index (κ3) is 9.70. The van der Waals surface area contributed by atoms with Gasteiger partial charge in [-0.1, -0.05) is 55.7 Å². The average Bonchev–Trinajstić information content (AvgIpc) is 3.00. The van der Waals surface area contributed by atoms with Gasteiger partial charge in [-0.3, -0.25) is 9.59 Å². The van der Waals surface area contributed by atoms with Gasteiger partial charge in [0.05, 0.1) is 12.5 Å². The Labute approximate surface area is 264 Å². The van der Waals surface area contributed by atoms with E-state index in [2.05, 4.69) is 20.7 Å². The van der Waals surface area contributed by atoms with Crippen LogP contribution in [0.25, 0.3) is 0 Å². The van der Waals surface area contributed by atoms with Crippen LogP contribution in [0.4, 0.5) is 23.7 Å². The molecule has 0 bridgehead atoms. The zero-order valence-corrected chi connectivity index (χ0v) is 25.7. The third-order valence-electron chi connectivity index (χ3n) is 7.58. The highest BCUT2D eigenvalue weighted by molar-refractivity contribution is 7.90. The molecule has 1 saturated carbocycles. The van der Waals surface area contributed by atoms with Crippen LogP contribution in [0.1, 0.15) is 77.5 Å². The lowest BCUT2D eigenvalue weighted by atomic mass is 9.83. The van der Waals surface area contributed by atoms with Gasteiger partial charge in [-0.2, -0.15) is 0 Å². The number of amides is 3. The molecule has 0 aromatic heterocycles. The number of hydrogen-bond acceptors (Lipinski definition) is 6. The number of halogens is 3. The maximum atomic E-state index is 13.2. The molecular formula is C32H34F3N3O7S. The van der Waals surface area contributed by atoms with Crippen molar-refractivity contribution in [2.45, 2.75) is 61.7 Å². The maximum absolute atomic E-state index is 13.2. The van der Waals surface area contributed by atoms with Gasteiger partial charge in [-0.15, -0.1) is 13.2 Å². The number of carbonyl (C=O) groups is 3. The van der Waals surface area contributed by atoms with E-state index in [0.717, 1.165) is 50.1 Å². The molecule has 1 fully saturated rings. The van der Waals surface area contributed by atoms with Gasteiger partial charge in [0.2, 0.25) is 0 Å². The van der Waals surface area contributed by atoms with Crippen LogP contribution in [0.3, 0.4) is 0 Å². The average molecular weight is 662 g/mol. The molecule has 0 saturated heterocycles. The van der Waals surface area contributed by atoms with Crippen molar-refractivity contribution in [1.82, 2.24) is 10.6 Å². The summed E-state index contributed by atoms with van der Waals surface area (Å²) in [4.78, 5) is 35.7. The predicted molar refractivity (Wildman–Crippen MR) is 164 cm³/mol. The predicted octanol–water partition coefficient (Wildman–Crippen LogP) is 6.15. The quantitative estimate of drug-likeness (QED) is 0.192. The summed E-state index contributed by atoms with van der Waals surface area (Å²) < 4.78 is 66.7. The van der Waals surface area contributed by atoms with Crippen molar-refractivity contribution < 1.29 is 45.8 Å². The molecule has 1 unspecified atom stereocenters. The number of ether oxygens (including phenoxy) is 1. The molecule has 4 rings (SSSR count). The maximum Gasteiger partial charge on any atom is 0.573 e. The highest BCUT2D eigenvalue weighted by atomic mass is 32.2. The van der Waals surface area contributed by atoms with Crippen molar-refractivity contribution in [3.8, 4) is 5.75 Å². The first kappa shape index (κ1) is 34.3. The van der Waals surface area contributed by atoms with Crippen LogP contribution in [0.15, 0.2) is 71.6 Å². The number of carboxylic acid groups (broad SMARTS) is 1. The molecule has 1 atom stereocenters. The van der Waals surface area contributed by atoms with Crippen LogP contribution >= 0.6 is 0 Å². The Balaban J connectivity index is 1.58. The fourth-order valence-corrected chi connectivity index (χ4v) is 6.17. The lowest BCUT2D eigenvalue weighted by molar-refractivity contribution is -0.275. The number of alkyl halides is 3. The van der Waals surface area contributed by atoms with Crippen LogP contribution in [-0.2, 0) is 14.6 Å². The van der Waals surface area contributed by atoms with E-state index < -0.39 is 50.8 Å². The minimum absolute atomic E-state index is 0.0437. The van der Waals surface area contributed by atoms with Gasteiger partial charge in [-0.25, -0.2) is 13.2 Å². The molecular weight excluding hydrogens is 627 g/mol. The fraction of sp³-hybridized carbons (Fsp3) is 0.344. The number of sulfone groups is 1. The molecule has 3 aromatic rings. The monoisotopic (exact) mass is 661 g/mol. The molecule has 0 aliphatic heterocycles. The minimum Gasteiger partial charge on any atom is -0.481 e. The third-order valence-corrected chi connectivity index (χ3v) is 8.70. The second-order valence-corrected chi connectivity index (χ2v) is 13.0. The molecule has 0 heterocycles. The minimum atomic E-state index is -5.12. The first-order chi connectivity index (χ1) is 21.7. The summed E-state index contributed by atoms with van der Waals surface area (Å²) in [5.74, 6) is -1.99. The molecule has 246 valence electrons. The number of urea groups is 1. The van der Waals surface area contributed by atoms with Gasteiger partial charge in [-0.05, 0) is 65.8 Å². The van der Waals surface area contributed by atoms with Crippen molar-refractivity contribution in [3.63, 3.8) is 0 Å². The summed E-state index contributed by atoms with van der Waals surface area (Å²) in [6, 6.07) is 15.4. The largest absolute Gasteiger partial charge is 0.573 e. The Morgan fingerprint density at radius 3 is 2.11 bits per heavy atom. The van der Waals surface area contributed by atoms with Gasteiger partial charge < -0.3 is 25.8 Å². The molecule has 3 aromatic carbocycles. The van der Waals surface area contributed by atoms with E-state index in [-0.39, 0.29) is 24.2 Å². The van der Waals surface area contributed by atoms with E-state index in [1.807, 2.05) is 24.3 Å². The first-order valence-electron chi connectivity index (χ1n) is 14.6. The number of carboxylic acids is 1. The van der Waals surface area contributed by atoms with Crippen molar-refractivity contribution in [2.24, 2.45) is 0 Å². The molecule has 4 N–H and O–H groups in total. The van der Waals surface area contributed by atoms with E-state index >= 15 is 0 Å². The summed E-state index contributed by atoms with van der Waals surface area (Å²) in [6.45, 7) is -0.0437. The van der Waals surface area contributed by atoms with Gasteiger partial charge in [0.25, 0.3) is 5.91 Å². The van der Waals surface area contributed by atoms with Gasteiger partial charge in [0, 0.05) is 24.1 Å². The lowest BCUT2D eigenvalue weighted by Crippen LogP contribution is -2.33. The van der Waals surface area contributed by atoms with E-state index in [1.54, 1.807) is 12.1 Å². The normalized spacial score (nSPS) is 14.6. The van der Waals surface area contributed by atoms with Crippen LogP contribution in [0, 0.1) is 0 Å². The SMILES string of the molecule is CS(=O)(=O)c1cc(NC(=O)NC(c2ccc(C(=O)NCCC(=O)O)cc2)c2ccc(C3CCCCC3)cc2)ccc1OC(F)(F)F. The number of hydrogen-bond donors (Lipinski definition) is 4. The number of aliphatic carboxylic acids is 1. The van der Waals surface area contributed by atoms with E-state index in [0.29, 0.717) is 17.0 Å². The Hall–Kier alpha value is -4.59. The topological polar surface area (TPSA) is 151 Å². The summed E-state index contributed by atoms with van der Waals surface area (Å²) >= 11 is 0. The molecule has 3 amide bonds. The summed E-state index contributed by atoms with van der Waals surface area (Å²) in [5, 5.41) is 16.6. The standard InChI is InChI=1S/C32H34F3N3O7S/c1-46(43,44)27-19-25(15-16-26(27)45-32(33,34)35)37-31(42)38-29(22-9-7-21(8-10-22)20-5-3-2-4-6-20)23-11-13-24(14-12-23)30(41)36-18-17-28(39)40/h7-16,19-20,29H,2-6,17-18H2,1H3,(H,36,41)(H,39,40)(H2,37,38,42). The second-order valence-electron chi connectivity index (χ2n) is 11.0. The smallest absolute Gasteiger partial charge is 0.481 e. The molecule has 1 aliphatic carbocycles. The van der Waals surface area contributed by atoms with E-state index in [1.165, 1.54) is 24.1 Å². The highest BCUT2D eigenvalue weighted by Gasteiger charge is 2.33. The second kappa shape index (κ2) is 14.7. The Kier molecular flexibility index (Phi) is 10.9. The fourth-order valence-electron chi connectivity index (χ4n) is 5.35. The molecule has 0 spiro atoms. The van der Waals surface area contributed by atoms with E-state index in [4.69, 9.17) is 5.11 Å². The van der Waals surface area contributed by atoms with E-state index in [9.17, 15) is 36.0 Å². The molecule has 10 nitrogen and oxygen atoms in total. The number of rotatable bonds is 11. The van der Waals surface area contributed by atoms with Crippen LogP contribution in [0.2, 0.25) is 0 Å². The van der Waals surface area contributed by atoms with Crippen molar-refractivity contribution in [2.75, 3.05) is 18.1 Å². The Morgan fingerprint density at radius 1 is 0.935 bits per heavy atom. The molecule has 46 heavy (non-hydrogen) atoms. The lowest BCUT2D eigenvalue weighted by Gasteiger charge is -2.24. The zero-order valence-electron chi connectivity index (χ0n) is 24.9. The number of nitrogens with one attached hydrogen (secondary N) is 3. The zero-order chi connectivity index (χ0) is 33.5. The van der Waals surface area contributed by atoms with Gasteiger partial charge in [0.1, 0.15) is 10.6 Å². The van der Waals surface area contributed by atoms with Crippen LogP contribution < -0.4 is 20.7 Å². The van der Waals surface area contributed by atoms with Gasteiger partial charge in [0.15, 0.2) is 9.84 Å². The van der Waals surface area contributed by atoms with Gasteiger partial charge >= 0.3 is 18.4 Å². The highest BCUT2D eigenvalue weighted by Crippen LogP contribution is 2.34. The molecule has 0 radical (unpaired) electrons. The Morgan fingerprint density at radius 2 is 1.54 bits per heavy atom. The number of anilines is 1. The summed E-state index contributed by atoms with van der Waals surface area (Å²) in [7, 11) is -4.17. The number of carbonyl (C=O) groups excluding carboxylic acids is 2. The first-order valence-corrected chi connectivity index (χ1v) is 16.5. The molecule has 14 heteroatoms. The molecule has 1 aliphatic rings. The summed E-state index contributed by atoms with van der Waals surface area (Å²) in [6.07, 6.45) is 1.11. The van der Waals surface area contributed by atoms with Crippen LogP contribution in [-0.4, -0.2) is 50.6 Å². The van der Waals surface area contributed by atoms with Crippen molar-refractivity contribution >= 4 is 33.4 Å². The Bertz CT molecular complexity index is 1660. The van der Waals surface area contributed by atoms with Crippen molar-refractivity contribution in [3.05, 3.63) is 89.0 Å². The van der Waals surface area contributed by atoms with Crippen molar-refractivity contribution in [1.29, 1.82) is 0 Å². The number of benzene rings is 3. The van der Waals surface area contributed by atoms with Crippen LogP contribution in [0.5, 0.6) is 5.75 Å².